The van der Waals surface area contributed by atoms with Gasteiger partial charge in [-0.1, -0.05) is 39.3 Å². The van der Waals surface area contributed by atoms with Gasteiger partial charge in [-0.15, -0.1) is 0 Å². The second kappa shape index (κ2) is 14.5. The number of rotatable bonds is 11. The molecule has 7 nitrogen and oxygen atoms in total. The van der Waals surface area contributed by atoms with Crippen molar-refractivity contribution in [2.45, 2.75) is 72.6 Å². The fraction of sp³-hybridized carbons (Fsp3) is 0.654. The molecule has 0 fully saturated rings. The number of hydrogen-bond donors (Lipinski definition) is 4. The number of anilines is 1. The number of aromatic nitrogens is 1. The molecule has 198 valence electrons. The zero-order chi connectivity index (χ0) is 26.0. The summed E-state index contributed by atoms with van der Waals surface area (Å²) in [7, 11) is -4.64. The standard InChI is InChI=1S/C26H40ClN3.H3O4P/c1-19(2)12-16-30(17-13-20(3)4)15-7-14-28-26-22-8-5-6-9-24(22)29-25-11-10-21(27)18-23(25)26;1-5(2,3)4/h10-11,18-20H,5-9,12-17H2,1-4H3,(H,28,29);(H3,1,2,3,4). The summed E-state index contributed by atoms with van der Waals surface area (Å²) >= 11 is 6.33. The van der Waals surface area contributed by atoms with Crippen molar-refractivity contribution >= 4 is 36.0 Å². The van der Waals surface area contributed by atoms with Gasteiger partial charge in [-0.25, -0.2) is 4.57 Å². The molecule has 1 aromatic heterocycles. The lowest BCUT2D eigenvalue weighted by Crippen LogP contribution is -2.30. The molecule has 1 aromatic carbocycles. The zero-order valence-corrected chi connectivity index (χ0v) is 23.3. The van der Waals surface area contributed by atoms with E-state index in [1.54, 1.807) is 0 Å². The summed E-state index contributed by atoms with van der Waals surface area (Å²) in [5.74, 6) is 1.54. The molecule has 0 unspecified atom stereocenters. The average molecular weight is 528 g/mol. The molecular weight excluding hydrogens is 485 g/mol. The first-order chi connectivity index (χ1) is 16.4. The minimum atomic E-state index is -4.64. The van der Waals surface area contributed by atoms with Gasteiger partial charge < -0.3 is 24.9 Å². The van der Waals surface area contributed by atoms with E-state index in [0.717, 1.165) is 48.2 Å². The molecular formula is C26H43ClN3O4P. The van der Waals surface area contributed by atoms with Crippen molar-refractivity contribution < 1.29 is 19.2 Å². The van der Waals surface area contributed by atoms with Crippen molar-refractivity contribution in [3.8, 4) is 0 Å². The quantitative estimate of drug-likeness (QED) is 0.209. The predicted octanol–water partition coefficient (Wildman–Crippen LogP) is 6.03. The van der Waals surface area contributed by atoms with Gasteiger partial charge in [0.25, 0.3) is 0 Å². The molecule has 2 aromatic rings. The first-order valence-electron chi connectivity index (χ1n) is 12.8. The van der Waals surface area contributed by atoms with E-state index in [4.69, 9.17) is 35.8 Å². The number of pyridine rings is 1. The third kappa shape index (κ3) is 11.6. The number of phosphoric acid groups is 1. The van der Waals surface area contributed by atoms with E-state index in [2.05, 4.69) is 50.0 Å². The molecule has 4 N–H and O–H groups in total. The number of hydrogen-bond acceptors (Lipinski definition) is 4. The summed E-state index contributed by atoms with van der Waals surface area (Å²) in [5.41, 5.74) is 5.06. The summed E-state index contributed by atoms with van der Waals surface area (Å²) in [5, 5.41) is 5.77. The van der Waals surface area contributed by atoms with Crippen LogP contribution in [0, 0.1) is 11.8 Å². The van der Waals surface area contributed by atoms with E-state index >= 15 is 0 Å². The van der Waals surface area contributed by atoms with E-state index in [1.807, 2.05) is 6.07 Å². The van der Waals surface area contributed by atoms with Crippen LogP contribution in [0.3, 0.4) is 0 Å². The average Bonchev–Trinajstić information content (AvgIpc) is 2.76. The van der Waals surface area contributed by atoms with Crippen LogP contribution in [-0.4, -0.2) is 50.7 Å². The fourth-order valence-electron chi connectivity index (χ4n) is 4.33. The van der Waals surface area contributed by atoms with Crippen molar-refractivity contribution in [1.82, 2.24) is 9.88 Å². The number of fused-ring (bicyclic) bond motifs is 2. The Morgan fingerprint density at radius 3 is 2.23 bits per heavy atom. The summed E-state index contributed by atoms with van der Waals surface area (Å²) < 4.78 is 8.88. The molecule has 1 aliphatic rings. The number of nitrogens with one attached hydrogen (secondary N) is 1. The Labute approximate surface area is 215 Å². The van der Waals surface area contributed by atoms with Crippen LogP contribution in [-0.2, 0) is 17.4 Å². The molecule has 9 heteroatoms. The Morgan fingerprint density at radius 2 is 1.63 bits per heavy atom. The van der Waals surface area contributed by atoms with Crippen LogP contribution in [0.5, 0.6) is 0 Å². The van der Waals surface area contributed by atoms with Crippen LogP contribution in [0.1, 0.15) is 71.1 Å². The minimum Gasteiger partial charge on any atom is -0.384 e. The van der Waals surface area contributed by atoms with Gasteiger partial charge >= 0.3 is 7.82 Å². The lowest BCUT2D eigenvalue weighted by Gasteiger charge is -2.25. The van der Waals surface area contributed by atoms with Gasteiger partial charge in [0.2, 0.25) is 0 Å². The van der Waals surface area contributed by atoms with E-state index < -0.39 is 7.82 Å². The van der Waals surface area contributed by atoms with Gasteiger partial charge in [-0.2, -0.15) is 0 Å². The molecule has 0 spiro atoms. The fourth-order valence-corrected chi connectivity index (χ4v) is 4.50. The summed E-state index contributed by atoms with van der Waals surface area (Å²) in [6, 6.07) is 6.10. The Bertz CT molecular complexity index is 960. The topological polar surface area (TPSA) is 106 Å². The van der Waals surface area contributed by atoms with Crippen LogP contribution in [0.15, 0.2) is 18.2 Å². The number of nitrogens with zero attached hydrogens (tertiary/aromatic N) is 2. The smallest absolute Gasteiger partial charge is 0.384 e. The van der Waals surface area contributed by atoms with Gasteiger partial charge in [-0.3, -0.25) is 4.98 Å². The normalized spacial score (nSPS) is 13.8. The van der Waals surface area contributed by atoms with Crippen LogP contribution in [0.2, 0.25) is 5.02 Å². The predicted molar refractivity (Wildman–Crippen MR) is 146 cm³/mol. The van der Waals surface area contributed by atoms with Crippen molar-refractivity contribution in [3.63, 3.8) is 0 Å². The lowest BCUT2D eigenvalue weighted by atomic mass is 9.92. The summed E-state index contributed by atoms with van der Waals surface area (Å²) in [4.78, 5) is 29.2. The lowest BCUT2D eigenvalue weighted by molar-refractivity contribution is 0.243. The van der Waals surface area contributed by atoms with E-state index in [0.29, 0.717) is 0 Å². The molecule has 0 aliphatic heterocycles. The van der Waals surface area contributed by atoms with Crippen LogP contribution in [0.25, 0.3) is 10.9 Å². The molecule has 0 atom stereocenters. The third-order valence-corrected chi connectivity index (χ3v) is 6.46. The molecule has 35 heavy (non-hydrogen) atoms. The van der Waals surface area contributed by atoms with Crippen LogP contribution < -0.4 is 5.32 Å². The second-order valence-corrected chi connectivity index (χ2v) is 11.7. The van der Waals surface area contributed by atoms with Crippen molar-refractivity contribution in [2.75, 3.05) is 31.5 Å². The maximum Gasteiger partial charge on any atom is 0.466 e. The van der Waals surface area contributed by atoms with Gasteiger partial charge in [0.1, 0.15) is 0 Å². The zero-order valence-electron chi connectivity index (χ0n) is 21.6. The monoisotopic (exact) mass is 527 g/mol. The van der Waals surface area contributed by atoms with Crippen molar-refractivity contribution in [1.29, 1.82) is 0 Å². The van der Waals surface area contributed by atoms with Crippen LogP contribution in [0.4, 0.5) is 5.69 Å². The minimum absolute atomic E-state index is 0.768. The highest BCUT2D eigenvalue weighted by atomic mass is 35.5. The molecule has 0 amide bonds. The second-order valence-electron chi connectivity index (χ2n) is 10.3. The number of aryl methyl sites for hydroxylation is 1. The van der Waals surface area contributed by atoms with Crippen molar-refractivity contribution in [3.05, 3.63) is 34.5 Å². The van der Waals surface area contributed by atoms with Gasteiger partial charge in [0.15, 0.2) is 0 Å². The molecule has 0 bridgehead atoms. The number of halogens is 1. The molecule has 1 heterocycles. The first-order valence-corrected chi connectivity index (χ1v) is 14.7. The van der Waals surface area contributed by atoms with Gasteiger partial charge in [0, 0.05) is 28.3 Å². The number of benzene rings is 1. The maximum absolute atomic E-state index is 8.88. The SMILES string of the molecule is CC(C)CCN(CCCNc1c2c(nc3ccc(Cl)cc13)CCCC2)CCC(C)C.O=P(O)(O)O. The molecule has 0 radical (unpaired) electrons. The third-order valence-electron chi connectivity index (χ3n) is 6.22. The molecule has 0 saturated carbocycles. The van der Waals surface area contributed by atoms with E-state index in [1.165, 1.54) is 67.6 Å². The molecule has 1 aliphatic carbocycles. The highest BCUT2D eigenvalue weighted by molar-refractivity contribution is 7.45. The highest BCUT2D eigenvalue weighted by Crippen LogP contribution is 2.34. The van der Waals surface area contributed by atoms with E-state index in [-0.39, 0.29) is 0 Å². The molecule has 3 rings (SSSR count). The largest absolute Gasteiger partial charge is 0.466 e. The Morgan fingerprint density at radius 1 is 1.03 bits per heavy atom. The summed E-state index contributed by atoms with van der Waals surface area (Å²) in [6.45, 7) is 13.9. The van der Waals surface area contributed by atoms with Crippen LogP contribution >= 0.6 is 19.4 Å². The highest BCUT2D eigenvalue weighted by Gasteiger charge is 2.18. The maximum atomic E-state index is 8.88. The molecule has 0 saturated heterocycles. The van der Waals surface area contributed by atoms with Gasteiger partial charge in [0.05, 0.1) is 5.52 Å². The van der Waals surface area contributed by atoms with Gasteiger partial charge in [-0.05, 0) is 100 Å². The Hall–Kier alpha value is -1.21. The van der Waals surface area contributed by atoms with E-state index in [9.17, 15) is 0 Å². The Kier molecular flexibility index (Phi) is 12.4. The Balaban J connectivity index is 0.000000784. The first kappa shape index (κ1) is 30.0. The van der Waals surface area contributed by atoms with Crippen molar-refractivity contribution in [2.24, 2.45) is 11.8 Å². The summed E-state index contributed by atoms with van der Waals surface area (Å²) in [6.07, 6.45) is 8.46.